The van der Waals surface area contributed by atoms with E-state index >= 15 is 0 Å². The van der Waals surface area contributed by atoms with Gasteiger partial charge in [-0.05, 0) is 6.42 Å². The van der Waals surface area contributed by atoms with Crippen LogP contribution >= 0.6 is 0 Å². The summed E-state index contributed by atoms with van der Waals surface area (Å²) in [6, 6.07) is 0. The van der Waals surface area contributed by atoms with Crippen LogP contribution in [0.15, 0.2) is 12.7 Å². The first-order valence-corrected chi connectivity index (χ1v) is 7.72. The maximum absolute atomic E-state index is 11.6. The van der Waals surface area contributed by atoms with E-state index in [-0.39, 0.29) is 42.8 Å². The van der Waals surface area contributed by atoms with E-state index in [1.165, 1.54) is 6.08 Å². The molecule has 0 aliphatic carbocycles. The first-order chi connectivity index (χ1) is 9.32. The third kappa shape index (κ3) is 10.9. The van der Waals surface area contributed by atoms with Crippen molar-refractivity contribution >= 4 is 51.6 Å². The Bertz CT molecular complexity index is 433. The topological polar surface area (TPSA) is 107 Å². The standard InChI is InChI=1S/C12H20O7S.Na.H/c1-3-5-6-8-19-12(14)10(20(15,16)17)9-11(13)18-7-4-2;;/h4,10H,2-3,5-9H2,1H3,(H,15,16,17);;. The normalized spacial score (nSPS) is 11.9. The van der Waals surface area contributed by atoms with Gasteiger partial charge in [-0.2, -0.15) is 8.42 Å². The van der Waals surface area contributed by atoms with Crippen LogP contribution in [0.3, 0.4) is 0 Å². The molecule has 0 amide bonds. The Morgan fingerprint density at radius 2 is 1.90 bits per heavy atom. The fourth-order valence-electron chi connectivity index (χ4n) is 1.29. The van der Waals surface area contributed by atoms with Gasteiger partial charge in [0.2, 0.25) is 0 Å². The number of carbonyl (C=O) groups excluding carboxylic acids is 2. The Hall–Kier alpha value is -0.410. The average Bonchev–Trinajstić information content (AvgIpc) is 2.37. The van der Waals surface area contributed by atoms with E-state index in [0.717, 1.165) is 12.8 Å². The third-order valence-corrected chi connectivity index (χ3v) is 3.41. The SMILES string of the molecule is C=CCOC(=O)CC(C(=O)OCCCCC)S(=O)(=O)O.[NaH]. The van der Waals surface area contributed by atoms with E-state index in [1.807, 2.05) is 6.92 Å². The van der Waals surface area contributed by atoms with Crippen LogP contribution in [0, 0.1) is 0 Å². The van der Waals surface area contributed by atoms with Gasteiger partial charge in [-0.3, -0.25) is 14.1 Å². The van der Waals surface area contributed by atoms with E-state index in [0.29, 0.717) is 6.42 Å². The molecular weight excluding hydrogens is 311 g/mol. The molecule has 0 aliphatic heterocycles. The van der Waals surface area contributed by atoms with Crippen molar-refractivity contribution in [3.05, 3.63) is 12.7 Å². The molecule has 0 aromatic heterocycles. The number of ether oxygens (including phenoxy) is 2. The molecule has 0 aromatic rings. The van der Waals surface area contributed by atoms with Gasteiger partial charge < -0.3 is 9.47 Å². The molecular formula is C12H21NaO7S. The van der Waals surface area contributed by atoms with Crippen LogP contribution < -0.4 is 0 Å². The molecule has 0 radical (unpaired) electrons. The molecule has 1 N–H and O–H groups in total. The molecule has 0 spiro atoms. The van der Waals surface area contributed by atoms with Crippen LogP contribution in [0.5, 0.6) is 0 Å². The fraction of sp³-hybridized carbons (Fsp3) is 0.667. The number of hydrogen-bond donors (Lipinski definition) is 1. The average molecular weight is 332 g/mol. The molecule has 1 atom stereocenters. The van der Waals surface area contributed by atoms with Crippen molar-refractivity contribution in [2.75, 3.05) is 13.2 Å². The first kappa shape index (κ1) is 22.9. The summed E-state index contributed by atoms with van der Waals surface area (Å²) < 4.78 is 40.5. The third-order valence-electron chi connectivity index (χ3n) is 2.33. The van der Waals surface area contributed by atoms with Crippen LogP contribution in [-0.2, 0) is 29.2 Å². The molecule has 0 saturated carbocycles. The van der Waals surface area contributed by atoms with Crippen molar-refractivity contribution in [3.63, 3.8) is 0 Å². The van der Waals surface area contributed by atoms with Gasteiger partial charge in [0, 0.05) is 0 Å². The van der Waals surface area contributed by atoms with Gasteiger partial charge in [0.25, 0.3) is 10.1 Å². The fourth-order valence-corrected chi connectivity index (χ4v) is 1.95. The van der Waals surface area contributed by atoms with Crippen molar-refractivity contribution in [1.82, 2.24) is 0 Å². The number of rotatable bonds is 10. The zero-order valence-electron chi connectivity index (χ0n) is 11.4. The van der Waals surface area contributed by atoms with Crippen molar-refractivity contribution in [1.29, 1.82) is 0 Å². The van der Waals surface area contributed by atoms with Crippen LogP contribution in [0.2, 0.25) is 0 Å². The molecule has 1 unspecified atom stereocenters. The van der Waals surface area contributed by atoms with E-state index in [9.17, 15) is 18.0 Å². The van der Waals surface area contributed by atoms with Gasteiger partial charge in [0.05, 0.1) is 13.0 Å². The Labute approximate surface area is 147 Å². The Morgan fingerprint density at radius 3 is 2.38 bits per heavy atom. The second-order valence-electron chi connectivity index (χ2n) is 4.05. The molecule has 0 saturated heterocycles. The zero-order valence-corrected chi connectivity index (χ0v) is 12.2. The summed E-state index contributed by atoms with van der Waals surface area (Å²) in [6.07, 6.45) is 2.82. The molecule has 9 heteroatoms. The first-order valence-electron chi connectivity index (χ1n) is 6.22. The minimum atomic E-state index is -4.73. The summed E-state index contributed by atoms with van der Waals surface area (Å²) in [5, 5.41) is -1.96. The van der Waals surface area contributed by atoms with E-state index in [1.54, 1.807) is 0 Å². The van der Waals surface area contributed by atoms with Crippen molar-refractivity contribution in [3.8, 4) is 0 Å². The van der Waals surface area contributed by atoms with Gasteiger partial charge in [0.1, 0.15) is 6.61 Å². The summed E-state index contributed by atoms with van der Waals surface area (Å²) in [5.41, 5.74) is 0. The van der Waals surface area contributed by atoms with Crippen LogP contribution in [0.25, 0.3) is 0 Å². The van der Waals surface area contributed by atoms with E-state index < -0.39 is 33.7 Å². The summed E-state index contributed by atoms with van der Waals surface area (Å²) >= 11 is 0. The van der Waals surface area contributed by atoms with Crippen LogP contribution in [0.4, 0.5) is 0 Å². The van der Waals surface area contributed by atoms with Gasteiger partial charge >= 0.3 is 41.5 Å². The van der Waals surface area contributed by atoms with Crippen molar-refractivity contribution in [2.45, 2.75) is 37.9 Å². The molecule has 21 heavy (non-hydrogen) atoms. The molecule has 118 valence electrons. The maximum atomic E-state index is 11.6. The second-order valence-corrected chi connectivity index (χ2v) is 5.65. The van der Waals surface area contributed by atoms with Gasteiger partial charge in [0.15, 0.2) is 5.25 Å². The summed E-state index contributed by atoms with van der Waals surface area (Å²) in [6.45, 7) is 5.21. The quantitative estimate of drug-likeness (QED) is 0.203. The van der Waals surface area contributed by atoms with Crippen molar-refractivity contribution < 1.29 is 32.0 Å². The van der Waals surface area contributed by atoms with Gasteiger partial charge in [-0.15, -0.1) is 0 Å². The number of unbranched alkanes of at least 4 members (excludes halogenated alkanes) is 2. The number of esters is 2. The second kappa shape index (κ2) is 12.2. The predicted octanol–water partition coefficient (Wildman–Crippen LogP) is 0.447. The molecule has 0 heterocycles. The minimum absolute atomic E-state index is 0. The Balaban J connectivity index is 0. The summed E-state index contributed by atoms with van der Waals surface area (Å²) in [5.74, 6) is -2.09. The van der Waals surface area contributed by atoms with E-state index in [2.05, 4.69) is 11.3 Å². The van der Waals surface area contributed by atoms with Crippen molar-refractivity contribution in [2.24, 2.45) is 0 Å². The Morgan fingerprint density at radius 1 is 1.29 bits per heavy atom. The summed E-state index contributed by atoms with van der Waals surface area (Å²) in [4.78, 5) is 22.9. The van der Waals surface area contributed by atoms with Crippen LogP contribution in [-0.4, -0.2) is 72.9 Å². The monoisotopic (exact) mass is 332 g/mol. The van der Waals surface area contributed by atoms with Crippen LogP contribution in [0.1, 0.15) is 32.6 Å². The molecule has 0 rings (SSSR count). The van der Waals surface area contributed by atoms with Gasteiger partial charge in [-0.1, -0.05) is 32.4 Å². The Kier molecular flexibility index (Phi) is 13.2. The summed E-state index contributed by atoms with van der Waals surface area (Å²) in [7, 11) is -4.73. The predicted molar refractivity (Wildman–Crippen MR) is 78.7 cm³/mol. The molecule has 0 bridgehead atoms. The number of carbonyl (C=O) groups is 2. The molecule has 0 aromatic carbocycles. The molecule has 0 fully saturated rings. The van der Waals surface area contributed by atoms with Gasteiger partial charge in [-0.25, -0.2) is 0 Å². The number of hydrogen-bond acceptors (Lipinski definition) is 6. The van der Waals surface area contributed by atoms with E-state index in [4.69, 9.17) is 9.29 Å². The zero-order chi connectivity index (χ0) is 15.6. The molecule has 7 nitrogen and oxygen atoms in total. The molecule has 0 aliphatic rings.